The maximum Gasteiger partial charge on any atom is 0.0716 e. The molecule has 3 nitrogen and oxygen atoms in total. The molecule has 1 N–H and O–H groups in total. The van der Waals surface area contributed by atoms with Crippen molar-refractivity contribution in [2.45, 2.75) is 0 Å². The lowest BCUT2D eigenvalue weighted by atomic mass is 10.0. The minimum absolute atomic E-state index is 1.01. The van der Waals surface area contributed by atoms with Crippen molar-refractivity contribution in [2.24, 2.45) is 0 Å². The lowest BCUT2D eigenvalue weighted by Crippen LogP contribution is -1.86. The highest BCUT2D eigenvalue weighted by Crippen LogP contribution is 2.28. The van der Waals surface area contributed by atoms with Crippen LogP contribution in [0.5, 0.6) is 0 Å². The Hall–Kier alpha value is -2.68. The maximum absolute atomic E-state index is 4.71. The highest BCUT2D eigenvalue weighted by molar-refractivity contribution is 6.00. The average molecular weight is 245 g/mol. The van der Waals surface area contributed by atoms with E-state index >= 15 is 0 Å². The van der Waals surface area contributed by atoms with Crippen LogP contribution in [0.25, 0.3) is 33.1 Å². The van der Waals surface area contributed by atoms with Crippen LogP contribution in [0.4, 0.5) is 0 Å². The second-order valence-electron chi connectivity index (χ2n) is 4.52. The zero-order valence-electron chi connectivity index (χ0n) is 10.2. The number of nitrogens with one attached hydrogen (secondary N) is 1. The quantitative estimate of drug-likeness (QED) is 0.518. The molecule has 0 atom stereocenters. The number of nitrogens with zero attached hydrogens (tertiary/aromatic N) is 2. The summed E-state index contributed by atoms with van der Waals surface area (Å²) in [6.07, 6.45) is 1.77. The second kappa shape index (κ2) is 3.92. The van der Waals surface area contributed by atoms with Crippen LogP contribution in [0.3, 0.4) is 0 Å². The van der Waals surface area contributed by atoms with Gasteiger partial charge < -0.3 is 0 Å². The first-order chi connectivity index (χ1) is 9.42. The SMILES string of the molecule is c1ccc2nc3cccc(-c4ccn[nH]4)c3cc2c1. The monoisotopic (exact) mass is 245 g/mol. The number of hydrogen-bond acceptors (Lipinski definition) is 2. The maximum atomic E-state index is 4.71. The molecule has 2 aromatic heterocycles. The van der Waals surface area contributed by atoms with Crippen molar-refractivity contribution in [3.63, 3.8) is 0 Å². The summed E-state index contributed by atoms with van der Waals surface area (Å²) in [6, 6.07) is 18.5. The zero-order valence-corrected chi connectivity index (χ0v) is 10.2. The molecule has 4 aromatic rings. The van der Waals surface area contributed by atoms with Crippen molar-refractivity contribution in [1.29, 1.82) is 0 Å². The molecule has 0 aliphatic heterocycles. The predicted molar refractivity (Wildman–Crippen MR) is 76.8 cm³/mol. The number of rotatable bonds is 1. The first kappa shape index (κ1) is 10.3. The molecule has 0 radical (unpaired) electrons. The van der Waals surface area contributed by atoms with Gasteiger partial charge in [0.15, 0.2) is 0 Å². The molecule has 2 heterocycles. The summed E-state index contributed by atoms with van der Waals surface area (Å²) >= 11 is 0. The normalized spacial score (nSPS) is 11.2. The molecule has 3 heteroatoms. The molecule has 2 aromatic carbocycles. The van der Waals surface area contributed by atoms with Crippen molar-refractivity contribution in [2.75, 3.05) is 0 Å². The van der Waals surface area contributed by atoms with E-state index in [1.165, 1.54) is 0 Å². The molecule has 19 heavy (non-hydrogen) atoms. The van der Waals surface area contributed by atoms with Crippen molar-refractivity contribution in [1.82, 2.24) is 15.2 Å². The molecule has 0 fully saturated rings. The van der Waals surface area contributed by atoms with E-state index in [0.717, 1.165) is 33.1 Å². The molecule has 0 amide bonds. The standard InChI is InChI=1S/C16H11N3/c1-2-6-14-11(4-1)10-13-12(16-8-9-17-19-16)5-3-7-15(13)18-14/h1-10H,(H,17,19). The van der Waals surface area contributed by atoms with Crippen LogP contribution in [-0.2, 0) is 0 Å². The highest BCUT2D eigenvalue weighted by atomic mass is 15.1. The van der Waals surface area contributed by atoms with Crippen LogP contribution in [0.2, 0.25) is 0 Å². The van der Waals surface area contributed by atoms with E-state index in [1.54, 1.807) is 6.20 Å². The van der Waals surface area contributed by atoms with Crippen LogP contribution >= 0.6 is 0 Å². The summed E-state index contributed by atoms with van der Waals surface area (Å²) < 4.78 is 0. The molecule has 0 bridgehead atoms. The van der Waals surface area contributed by atoms with E-state index < -0.39 is 0 Å². The molecule has 0 unspecified atom stereocenters. The first-order valence-corrected chi connectivity index (χ1v) is 6.20. The molecule has 0 saturated carbocycles. The number of para-hydroxylation sites is 1. The Bertz CT molecular complexity index is 864. The number of aromatic nitrogens is 3. The smallest absolute Gasteiger partial charge is 0.0716 e. The third-order valence-electron chi connectivity index (χ3n) is 3.35. The predicted octanol–water partition coefficient (Wildman–Crippen LogP) is 3.78. The van der Waals surface area contributed by atoms with E-state index in [9.17, 15) is 0 Å². The van der Waals surface area contributed by atoms with Gasteiger partial charge in [0.1, 0.15) is 0 Å². The largest absolute Gasteiger partial charge is 0.278 e. The molecule has 0 aliphatic carbocycles. The third-order valence-corrected chi connectivity index (χ3v) is 3.35. The van der Waals surface area contributed by atoms with E-state index in [0.29, 0.717) is 0 Å². The second-order valence-corrected chi connectivity index (χ2v) is 4.52. The van der Waals surface area contributed by atoms with Gasteiger partial charge in [-0.05, 0) is 24.3 Å². The van der Waals surface area contributed by atoms with Gasteiger partial charge in [-0.15, -0.1) is 0 Å². The number of benzene rings is 2. The summed E-state index contributed by atoms with van der Waals surface area (Å²) in [5, 5.41) is 9.34. The van der Waals surface area contributed by atoms with E-state index in [1.807, 2.05) is 36.4 Å². The molecule has 4 rings (SSSR count). The lowest BCUT2D eigenvalue weighted by molar-refractivity contribution is 1.10. The summed E-state index contributed by atoms with van der Waals surface area (Å²) in [7, 11) is 0. The first-order valence-electron chi connectivity index (χ1n) is 6.20. The molecular weight excluding hydrogens is 234 g/mol. The summed E-state index contributed by atoms with van der Waals surface area (Å²) in [5.74, 6) is 0. The number of pyridine rings is 1. The van der Waals surface area contributed by atoms with Crippen molar-refractivity contribution < 1.29 is 0 Å². The molecule has 90 valence electrons. The fourth-order valence-corrected chi connectivity index (χ4v) is 2.44. The van der Waals surface area contributed by atoms with Gasteiger partial charge >= 0.3 is 0 Å². The Kier molecular flexibility index (Phi) is 2.12. The van der Waals surface area contributed by atoms with E-state index in [-0.39, 0.29) is 0 Å². The average Bonchev–Trinajstić information content (AvgIpc) is 2.98. The molecule has 0 aliphatic rings. The minimum atomic E-state index is 1.01. The van der Waals surface area contributed by atoms with Gasteiger partial charge in [-0.25, -0.2) is 4.98 Å². The van der Waals surface area contributed by atoms with Crippen molar-refractivity contribution >= 4 is 21.8 Å². The minimum Gasteiger partial charge on any atom is -0.278 e. The van der Waals surface area contributed by atoms with Crippen LogP contribution in [0.15, 0.2) is 60.8 Å². The number of fused-ring (bicyclic) bond motifs is 2. The van der Waals surface area contributed by atoms with Gasteiger partial charge in [0.05, 0.1) is 16.7 Å². The molecule has 0 spiro atoms. The Morgan fingerprint density at radius 3 is 2.63 bits per heavy atom. The Morgan fingerprint density at radius 2 is 1.74 bits per heavy atom. The van der Waals surface area contributed by atoms with Gasteiger partial charge in [0.2, 0.25) is 0 Å². The van der Waals surface area contributed by atoms with Gasteiger partial charge in [-0.1, -0.05) is 30.3 Å². The number of H-pyrrole nitrogens is 1. The Balaban J connectivity index is 2.12. The van der Waals surface area contributed by atoms with E-state index in [4.69, 9.17) is 4.98 Å². The summed E-state index contributed by atoms with van der Waals surface area (Å²) in [6.45, 7) is 0. The van der Waals surface area contributed by atoms with E-state index in [2.05, 4.69) is 28.4 Å². The van der Waals surface area contributed by atoms with Crippen molar-refractivity contribution in [3.05, 3.63) is 60.8 Å². The topological polar surface area (TPSA) is 41.6 Å². The third kappa shape index (κ3) is 1.59. The lowest BCUT2D eigenvalue weighted by Gasteiger charge is -2.06. The Morgan fingerprint density at radius 1 is 0.842 bits per heavy atom. The fourth-order valence-electron chi connectivity index (χ4n) is 2.44. The molecule has 0 saturated heterocycles. The van der Waals surface area contributed by atoms with Crippen LogP contribution in [0, 0.1) is 0 Å². The number of aromatic amines is 1. The van der Waals surface area contributed by atoms with Crippen LogP contribution < -0.4 is 0 Å². The summed E-state index contributed by atoms with van der Waals surface area (Å²) in [4.78, 5) is 4.71. The van der Waals surface area contributed by atoms with Gasteiger partial charge in [-0.2, -0.15) is 5.10 Å². The fraction of sp³-hybridized carbons (Fsp3) is 0. The van der Waals surface area contributed by atoms with Crippen molar-refractivity contribution in [3.8, 4) is 11.3 Å². The molecular formula is C16H11N3. The van der Waals surface area contributed by atoms with Gasteiger partial charge in [-0.3, -0.25) is 5.10 Å². The van der Waals surface area contributed by atoms with Crippen LogP contribution in [0.1, 0.15) is 0 Å². The highest BCUT2D eigenvalue weighted by Gasteiger charge is 2.06. The number of hydrogen-bond donors (Lipinski definition) is 1. The van der Waals surface area contributed by atoms with Gasteiger partial charge in [0, 0.05) is 22.5 Å². The summed E-state index contributed by atoms with van der Waals surface area (Å²) in [5.41, 5.74) is 4.18. The van der Waals surface area contributed by atoms with Crippen LogP contribution in [-0.4, -0.2) is 15.2 Å². The zero-order chi connectivity index (χ0) is 12.7. The van der Waals surface area contributed by atoms with Gasteiger partial charge in [0.25, 0.3) is 0 Å². The Labute approximate surface area is 109 Å².